The zero-order valence-electron chi connectivity index (χ0n) is 16.1. The van der Waals surface area contributed by atoms with Gasteiger partial charge in [0, 0.05) is 27.5 Å². The second kappa shape index (κ2) is 6.17. The average molecular weight is 371 g/mol. The second-order valence-electron chi connectivity index (χ2n) is 8.80. The first-order valence-corrected chi connectivity index (χ1v) is 10.0. The molecule has 0 N–H and O–H groups in total. The van der Waals surface area contributed by atoms with Crippen molar-refractivity contribution in [1.29, 1.82) is 0 Å². The fourth-order valence-electron chi connectivity index (χ4n) is 3.58. The van der Waals surface area contributed by atoms with Gasteiger partial charge in [-0.1, -0.05) is 51.9 Å². The van der Waals surface area contributed by atoms with Crippen molar-refractivity contribution in [3.8, 4) is 0 Å². The quantitative estimate of drug-likeness (QED) is 0.605. The number of benzene rings is 1. The molecule has 3 heterocycles. The standard InChI is InChI=1S/C21H26N2O2S/c1-20(2,3)19-22-17-15(24-11-10-16(17)26-19)12-21(4,5)18-13-8-6-7-9-14(13)25-23-18/h6-9,15H,10-12H2,1-5H3. The molecule has 1 atom stereocenters. The van der Waals surface area contributed by atoms with E-state index in [0.717, 1.165) is 41.8 Å². The number of ether oxygens (including phenoxy) is 1. The number of hydrogen-bond donors (Lipinski definition) is 0. The van der Waals surface area contributed by atoms with Crippen molar-refractivity contribution >= 4 is 22.3 Å². The van der Waals surface area contributed by atoms with Crippen molar-refractivity contribution in [1.82, 2.24) is 10.1 Å². The third kappa shape index (κ3) is 3.08. The first-order valence-electron chi connectivity index (χ1n) is 9.22. The van der Waals surface area contributed by atoms with Gasteiger partial charge < -0.3 is 9.26 Å². The molecule has 0 saturated carbocycles. The van der Waals surface area contributed by atoms with Crippen LogP contribution in [0.4, 0.5) is 0 Å². The molecule has 0 fully saturated rings. The normalized spacial score (nSPS) is 18.3. The molecule has 1 unspecified atom stereocenters. The third-order valence-corrected chi connectivity index (χ3v) is 6.59. The number of hydrogen-bond acceptors (Lipinski definition) is 5. The average Bonchev–Trinajstić information content (AvgIpc) is 3.19. The van der Waals surface area contributed by atoms with Crippen LogP contribution in [0.1, 0.15) is 68.4 Å². The Morgan fingerprint density at radius 1 is 1.15 bits per heavy atom. The summed E-state index contributed by atoms with van der Waals surface area (Å²) in [5.74, 6) is 0. The summed E-state index contributed by atoms with van der Waals surface area (Å²) in [6.45, 7) is 11.9. The van der Waals surface area contributed by atoms with Crippen LogP contribution in [-0.4, -0.2) is 16.7 Å². The summed E-state index contributed by atoms with van der Waals surface area (Å²) < 4.78 is 11.7. The topological polar surface area (TPSA) is 48.2 Å². The van der Waals surface area contributed by atoms with Crippen LogP contribution in [-0.2, 0) is 22.0 Å². The molecule has 0 saturated heterocycles. The molecule has 1 aliphatic rings. The van der Waals surface area contributed by atoms with Crippen molar-refractivity contribution in [2.75, 3.05) is 6.61 Å². The van der Waals surface area contributed by atoms with E-state index < -0.39 is 0 Å². The van der Waals surface area contributed by atoms with Crippen molar-refractivity contribution in [3.63, 3.8) is 0 Å². The first kappa shape index (κ1) is 17.7. The fraction of sp³-hybridized carbons (Fsp3) is 0.524. The van der Waals surface area contributed by atoms with Gasteiger partial charge >= 0.3 is 0 Å². The fourth-order valence-corrected chi connectivity index (χ4v) is 4.73. The van der Waals surface area contributed by atoms with E-state index in [2.05, 4.69) is 45.8 Å². The van der Waals surface area contributed by atoms with Gasteiger partial charge in [0.25, 0.3) is 0 Å². The molecule has 1 aromatic carbocycles. The molecule has 4 rings (SSSR count). The lowest BCUT2D eigenvalue weighted by Gasteiger charge is -2.30. The molecule has 0 radical (unpaired) electrons. The number of para-hydroxylation sites is 1. The van der Waals surface area contributed by atoms with Gasteiger partial charge in [-0.2, -0.15) is 0 Å². The highest BCUT2D eigenvalue weighted by molar-refractivity contribution is 7.11. The zero-order valence-corrected chi connectivity index (χ0v) is 16.9. The van der Waals surface area contributed by atoms with Crippen molar-refractivity contribution in [2.24, 2.45) is 0 Å². The molecule has 0 spiro atoms. The molecular formula is C21H26N2O2S. The van der Waals surface area contributed by atoms with Crippen LogP contribution in [0.5, 0.6) is 0 Å². The highest BCUT2D eigenvalue weighted by Gasteiger charge is 2.36. The summed E-state index contributed by atoms with van der Waals surface area (Å²) in [5.41, 5.74) is 2.87. The van der Waals surface area contributed by atoms with Gasteiger partial charge in [0.1, 0.15) is 6.10 Å². The van der Waals surface area contributed by atoms with Gasteiger partial charge in [-0.15, -0.1) is 11.3 Å². The Labute approximate surface area is 158 Å². The predicted molar refractivity (Wildman–Crippen MR) is 105 cm³/mol. The minimum absolute atomic E-state index is 0.0107. The molecule has 0 amide bonds. The molecule has 4 nitrogen and oxygen atoms in total. The molecule has 3 aromatic rings. The van der Waals surface area contributed by atoms with E-state index in [-0.39, 0.29) is 16.9 Å². The minimum Gasteiger partial charge on any atom is -0.371 e. The van der Waals surface area contributed by atoms with Crippen LogP contribution in [0.15, 0.2) is 28.8 Å². The minimum atomic E-state index is -0.169. The highest BCUT2D eigenvalue weighted by Crippen LogP contribution is 2.42. The largest absolute Gasteiger partial charge is 0.371 e. The molecular weight excluding hydrogens is 344 g/mol. The van der Waals surface area contributed by atoms with Crippen LogP contribution >= 0.6 is 11.3 Å². The Bertz CT molecular complexity index is 933. The Kier molecular flexibility index (Phi) is 4.20. The predicted octanol–water partition coefficient (Wildman–Crippen LogP) is 5.56. The highest BCUT2D eigenvalue weighted by atomic mass is 32.1. The van der Waals surface area contributed by atoms with Gasteiger partial charge in [0.15, 0.2) is 5.58 Å². The van der Waals surface area contributed by atoms with E-state index in [1.165, 1.54) is 9.88 Å². The van der Waals surface area contributed by atoms with E-state index in [9.17, 15) is 0 Å². The SMILES string of the molecule is CC(C)(C)c1nc2c(s1)CCOC2CC(C)(C)c1noc2ccccc12. The summed E-state index contributed by atoms with van der Waals surface area (Å²) in [6, 6.07) is 8.05. The van der Waals surface area contributed by atoms with Crippen LogP contribution in [0.3, 0.4) is 0 Å². The van der Waals surface area contributed by atoms with Crippen molar-refractivity contribution in [3.05, 3.63) is 45.5 Å². The lowest BCUT2D eigenvalue weighted by molar-refractivity contribution is 0.0210. The molecule has 26 heavy (non-hydrogen) atoms. The van der Waals surface area contributed by atoms with E-state index in [4.69, 9.17) is 14.2 Å². The van der Waals surface area contributed by atoms with Gasteiger partial charge in [-0.05, 0) is 18.6 Å². The molecule has 2 aromatic heterocycles. The van der Waals surface area contributed by atoms with Gasteiger partial charge in [-0.3, -0.25) is 0 Å². The Hall–Kier alpha value is -1.72. The van der Waals surface area contributed by atoms with Crippen molar-refractivity contribution in [2.45, 2.75) is 64.4 Å². The number of nitrogens with zero attached hydrogens (tertiary/aromatic N) is 2. The lowest BCUT2D eigenvalue weighted by atomic mass is 9.80. The molecule has 138 valence electrons. The number of rotatable bonds is 3. The van der Waals surface area contributed by atoms with Gasteiger partial charge in [-0.25, -0.2) is 4.98 Å². The molecule has 0 aliphatic carbocycles. The molecule has 0 bridgehead atoms. The molecule has 5 heteroatoms. The van der Waals surface area contributed by atoms with E-state index in [0.29, 0.717) is 0 Å². The second-order valence-corrected chi connectivity index (χ2v) is 9.89. The zero-order chi connectivity index (χ0) is 18.5. The maximum Gasteiger partial charge on any atom is 0.167 e. The summed E-state index contributed by atoms with van der Waals surface area (Å²) in [4.78, 5) is 6.36. The van der Waals surface area contributed by atoms with E-state index in [1.54, 1.807) is 0 Å². The van der Waals surface area contributed by atoms with Gasteiger partial charge in [0.2, 0.25) is 0 Å². The Morgan fingerprint density at radius 3 is 2.69 bits per heavy atom. The van der Waals surface area contributed by atoms with Gasteiger partial charge in [0.05, 0.1) is 23.0 Å². The Balaban J connectivity index is 1.66. The Morgan fingerprint density at radius 2 is 1.92 bits per heavy atom. The third-order valence-electron chi connectivity index (χ3n) is 5.04. The van der Waals surface area contributed by atoms with Crippen LogP contribution in [0.25, 0.3) is 11.0 Å². The lowest BCUT2D eigenvalue weighted by Crippen LogP contribution is -2.26. The first-order chi connectivity index (χ1) is 12.3. The maximum absolute atomic E-state index is 6.16. The van der Waals surface area contributed by atoms with Crippen LogP contribution in [0.2, 0.25) is 0 Å². The number of aromatic nitrogens is 2. The van der Waals surface area contributed by atoms with Crippen molar-refractivity contribution < 1.29 is 9.26 Å². The monoisotopic (exact) mass is 370 g/mol. The summed E-state index contributed by atoms with van der Waals surface area (Å²) in [5, 5.41) is 6.67. The van der Waals surface area contributed by atoms with E-state index in [1.807, 2.05) is 29.5 Å². The maximum atomic E-state index is 6.16. The smallest absolute Gasteiger partial charge is 0.167 e. The summed E-state index contributed by atoms with van der Waals surface area (Å²) in [6.07, 6.45) is 1.81. The molecule has 1 aliphatic heterocycles. The van der Waals surface area contributed by atoms with Crippen LogP contribution in [0, 0.1) is 0 Å². The van der Waals surface area contributed by atoms with E-state index >= 15 is 0 Å². The summed E-state index contributed by atoms with van der Waals surface area (Å²) in [7, 11) is 0. The van der Waals surface area contributed by atoms with Crippen LogP contribution < -0.4 is 0 Å². The summed E-state index contributed by atoms with van der Waals surface area (Å²) >= 11 is 1.85. The number of fused-ring (bicyclic) bond motifs is 2. The number of thiazole rings is 1.